The molecule has 3 rings (SSSR count). The quantitative estimate of drug-likeness (QED) is 0.558. The van der Waals surface area contributed by atoms with Crippen LogP contribution in [0.1, 0.15) is 47.0 Å². The van der Waals surface area contributed by atoms with E-state index in [1.165, 1.54) is 19.3 Å². The van der Waals surface area contributed by atoms with E-state index in [4.69, 9.17) is 9.73 Å². The number of rotatable bonds is 6. The number of ether oxygens (including phenoxy) is 1. The highest BCUT2D eigenvalue weighted by Gasteiger charge is 2.38. The van der Waals surface area contributed by atoms with Crippen LogP contribution in [0.3, 0.4) is 0 Å². The third kappa shape index (κ3) is 5.08. The maximum absolute atomic E-state index is 5.55. The average molecular weight is 352 g/mol. The Labute approximate surface area is 153 Å². The number of hydrogen-bond donors (Lipinski definition) is 2. The largest absolute Gasteiger partial charge is 0.379 e. The molecule has 2 heterocycles. The maximum Gasteiger partial charge on any atom is 0.191 e. The van der Waals surface area contributed by atoms with Gasteiger partial charge in [0, 0.05) is 49.8 Å². The smallest absolute Gasteiger partial charge is 0.191 e. The molecular weight excluding hydrogens is 314 g/mol. The van der Waals surface area contributed by atoms with Gasteiger partial charge in [0.2, 0.25) is 0 Å². The molecule has 2 aliphatic heterocycles. The first-order valence-corrected chi connectivity index (χ1v) is 10.2. The van der Waals surface area contributed by atoms with Gasteiger partial charge in [-0.15, -0.1) is 0 Å². The van der Waals surface area contributed by atoms with E-state index in [-0.39, 0.29) is 0 Å². The topological polar surface area (TPSA) is 52.1 Å². The zero-order chi connectivity index (χ0) is 17.8. The molecule has 25 heavy (non-hydrogen) atoms. The Kier molecular flexibility index (Phi) is 6.58. The average Bonchev–Trinajstić information content (AvgIpc) is 3.36. The van der Waals surface area contributed by atoms with Gasteiger partial charge in [-0.3, -0.25) is 14.8 Å². The third-order valence-electron chi connectivity index (χ3n) is 5.82. The number of aliphatic imine (C=N–C) groups is 1. The summed E-state index contributed by atoms with van der Waals surface area (Å²) < 4.78 is 5.55. The minimum Gasteiger partial charge on any atom is -0.379 e. The van der Waals surface area contributed by atoms with Crippen molar-refractivity contribution < 1.29 is 4.74 Å². The first-order chi connectivity index (χ1) is 12.1. The van der Waals surface area contributed by atoms with Crippen LogP contribution in [0.4, 0.5) is 0 Å². The lowest BCUT2D eigenvalue weighted by atomic mass is 10.2. The molecule has 3 fully saturated rings. The van der Waals surface area contributed by atoms with Crippen molar-refractivity contribution in [1.29, 1.82) is 0 Å². The molecule has 0 bridgehead atoms. The molecule has 3 aliphatic rings. The predicted molar refractivity (Wildman–Crippen MR) is 103 cm³/mol. The second kappa shape index (κ2) is 8.69. The van der Waals surface area contributed by atoms with Crippen LogP contribution in [-0.2, 0) is 4.74 Å². The van der Waals surface area contributed by atoms with Crippen molar-refractivity contribution in [3.8, 4) is 0 Å². The molecule has 2 N–H and O–H groups in total. The number of nitrogens with zero attached hydrogens (tertiary/aromatic N) is 3. The number of morpholine rings is 1. The van der Waals surface area contributed by atoms with Gasteiger partial charge in [0.15, 0.2) is 5.96 Å². The van der Waals surface area contributed by atoms with Crippen LogP contribution >= 0.6 is 0 Å². The van der Waals surface area contributed by atoms with Gasteiger partial charge < -0.3 is 15.4 Å². The lowest BCUT2D eigenvalue weighted by Crippen LogP contribution is -2.50. The number of hydrogen-bond acceptors (Lipinski definition) is 4. The van der Waals surface area contributed by atoms with Gasteiger partial charge in [-0.05, 0) is 47.0 Å². The van der Waals surface area contributed by atoms with E-state index >= 15 is 0 Å². The summed E-state index contributed by atoms with van der Waals surface area (Å²) in [6.07, 6.45) is 4.00. The normalized spacial score (nSPS) is 33.4. The van der Waals surface area contributed by atoms with Gasteiger partial charge >= 0.3 is 0 Å². The van der Waals surface area contributed by atoms with Gasteiger partial charge in [-0.2, -0.15) is 0 Å². The molecule has 0 aromatic heterocycles. The Morgan fingerprint density at radius 1 is 1.28 bits per heavy atom. The molecule has 6 nitrogen and oxygen atoms in total. The Balaban J connectivity index is 1.52. The Bertz CT molecular complexity index is 453. The summed E-state index contributed by atoms with van der Waals surface area (Å²) in [4.78, 5) is 10.1. The molecular formula is C19H37N5O. The molecule has 4 atom stereocenters. The monoisotopic (exact) mass is 351 g/mol. The van der Waals surface area contributed by atoms with Crippen molar-refractivity contribution in [3.05, 3.63) is 0 Å². The van der Waals surface area contributed by atoms with Crippen molar-refractivity contribution in [2.45, 2.75) is 77.2 Å². The number of likely N-dealkylation sites (tertiary alicyclic amines) is 1. The van der Waals surface area contributed by atoms with Crippen molar-refractivity contribution in [2.24, 2.45) is 4.99 Å². The van der Waals surface area contributed by atoms with Gasteiger partial charge in [0.05, 0.1) is 19.8 Å². The van der Waals surface area contributed by atoms with Crippen molar-refractivity contribution in [2.75, 3.05) is 39.4 Å². The van der Waals surface area contributed by atoms with Crippen molar-refractivity contribution in [1.82, 2.24) is 20.4 Å². The minimum absolute atomic E-state index is 0.444. The second-order valence-corrected chi connectivity index (χ2v) is 8.08. The van der Waals surface area contributed by atoms with E-state index in [1.54, 1.807) is 0 Å². The zero-order valence-electron chi connectivity index (χ0n) is 16.5. The molecule has 0 radical (unpaired) electrons. The first kappa shape index (κ1) is 18.9. The highest BCUT2D eigenvalue weighted by Crippen LogP contribution is 2.33. The second-order valence-electron chi connectivity index (χ2n) is 8.08. The molecule has 2 saturated heterocycles. The summed E-state index contributed by atoms with van der Waals surface area (Å²) >= 11 is 0. The molecule has 144 valence electrons. The fraction of sp³-hybridized carbons (Fsp3) is 0.947. The van der Waals surface area contributed by atoms with E-state index < -0.39 is 0 Å². The van der Waals surface area contributed by atoms with Crippen LogP contribution in [0.25, 0.3) is 0 Å². The standard InChI is InChI=1S/C19H37N5O/c1-5-20-19(21-11-15(3)23-8-9-25-13-16(23)4)22-17-10-14(2)24(12-17)18-6-7-18/h14-18H,5-13H2,1-4H3,(H2,20,21,22). The molecule has 1 saturated carbocycles. The lowest BCUT2D eigenvalue weighted by Gasteiger charge is -2.37. The van der Waals surface area contributed by atoms with Crippen LogP contribution < -0.4 is 10.6 Å². The molecule has 0 spiro atoms. The summed E-state index contributed by atoms with van der Waals surface area (Å²) in [7, 11) is 0. The third-order valence-corrected chi connectivity index (χ3v) is 5.82. The summed E-state index contributed by atoms with van der Waals surface area (Å²) in [5.74, 6) is 0.977. The minimum atomic E-state index is 0.444. The first-order valence-electron chi connectivity index (χ1n) is 10.2. The summed E-state index contributed by atoms with van der Waals surface area (Å²) in [5.41, 5.74) is 0. The zero-order valence-corrected chi connectivity index (χ0v) is 16.5. The highest BCUT2D eigenvalue weighted by molar-refractivity contribution is 5.80. The Morgan fingerprint density at radius 3 is 2.76 bits per heavy atom. The summed E-state index contributed by atoms with van der Waals surface area (Å²) in [5, 5.41) is 7.11. The molecule has 6 heteroatoms. The highest BCUT2D eigenvalue weighted by atomic mass is 16.5. The van der Waals surface area contributed by atoms with E-state index in [0.29, 0.717) is 24.2 Å². The lowest BCUT2D eigenvalue weighted by molar-refractivity contribution is -0.0165. The summed E-state index contributed by atoms with van der Waals surface area (Å²) in [6, 6.07) is 2.99. The van der Waals surface area contributed by atoms with Gasteiger partial charge in [0.25, 0.3) is 0 Å². The van der Waals surface area contributed by atoms with E-state index in [1.807, 2.05) is 0 Å². The molecule has 0 aromatic carbocycles. The van der Waals surface area contributed by atoms with E-state index in [2.05, 4.69) is 48.1 Å². The summed E-state index contributed by atoms with van der Waals surface area (Å²) in [6.45, 7) is 14.6. The number of nitrogens with one attached hydrogen (secondary N) is 2. The fourth-order valence-electron chi connectivity index (χ4n) is 4.31. The molecule has 0 aromatic rings. The fourth-order valence-corrected chi connectivity index (χ4v) is 4.31. The van der Waals surface area contributed by atoms with Gasteiger partial charge in [-0.25, -0.2) is 0 Å². The van der Waals surface area contributed by atoms with E-state index in [9.17, 15) is 0 Å². The molecule has 1 aliphatic carbocycles. The molecule has 4 unspecified atom stereocenters. The molecule has 0 amide bonds. The van der Waals surface area contributed by atoms with E-state index in [0.717, 1.165) is 51.4 Å². The predicted octanol–water partition coefficient (Wildman–Crippen LogP) is 1.28. The van der Waals surface area contributed by atoms with Crippen LogP contribution in [0.2, 0.25) is 0 Å². The maximum atomic E-state index is 5.55. The van der Waals surface area contributed by atoms with Crippen LogP contribution in [0.15, 0.2) is 4.99 Å². The van der Waals surface area contributed by atoms with Gasteiger partial charge in [-0.1, -0.05) is 0 Å². The Hall–Kier alpha value is -0.850. The number of guanidine groups is 1. The van der Waals surface area contributed by atoms with Crippen LogP contribution in [-0.4, -0.2) is 85.4 Å². The van der Waals surface area contributed by atoms with Crippen molar-refractivity contribution in [3.63, 3.8) is 0 Å². The SMILES string of the molecule is CCNC(=NCC(C)N1CCOCC1C)NC1CC(C)N(C2CC2)C1. The van der Waals surface area contributed by atoms with Crippen molar-refractivity contribution >= 4 is 5.96 Å². The van der Waals surface area contributed by atoms with Gasteiger partial charge in [0.1, 0.15) is 0 Å². The van der Waals surface area contributed by atoms with Crippen LogP contribution in [0, 0.1) is 0 Å². The Morgan fingerprint density at radius 2 is 2.08 bits per heavy atom. The van der Waals surface area contributed by atoms with Crippen LogP contribution in [0.5, 0.6) is 0 Å².